The summed E-state index contributed by atoms with van der Waals surface area (Å²) in [7, 11) is 0. The van der Waals surface area contributed by atoms with Gasteiger partial charge in [-0.3, -0.25) is 23.5 Å². The molecule has 0 aliphatic heterocycles. The van der Waals surface area contributed by atoms with Crippen LogP contribution < -0.4 is 0 Å². The molecule has 0 fully saturated rings. The molecule has 1 nitrogen and oxygen atoms in total. The number of unbranched alkanes of at least 4 members (excludes halogenated alkanes) is 1. The zero-order valence-electron chi connectivity index (χ0n) is 13.4. The summed E-state index contributed by atoms with van der Waals surface area (Å²) in [5.41, 5.74) is 2.64. The van der Waals surface area contributed by atoms with Crippen molar-refractivity contribution in [2.75, 3.05) is 0 Å². The van der Waals surface area contributed by atoms with Crippen molar-refractivity contribution >= 4 is 12.0 Å². The molecule has 0 heterocycles. The molecule has 0 N–H and O–H groups in total. The van der Waals surface area contributed by atoms with E-state index in [2.05, 4.69) is 43.3 Å². The topological polar surface area (TPSA) is 9.23 Å². The molecule has 0 aliphatic rings. The summed E-state index contributed by atoms with van der Waals surface area (Å²) in [4.78, 5) is 1.14. The molecule has 0 bridgehead atoms. The normalized spacial score (nSPS) is 8.38. The fraction of sp³-hybridized carbons (Fsp3) is 0.294. The van der Waals surface area contributed by atoms with Crippen molar-refractivity contribution < 1.29 is 27.7 Å². The third kappa shape index (κ3) is 11.0. The summed E-state index contributed by atoms with van der Waals surface area (Å²) < 4.78 is 5.64. The van der Waals surface area contributed by atoms with Gasteiger partial charge in [-0.05, 0) is 36.1 Å². The molecule has 2 rings (SSSR count). The average molecular weight is 372 g/mol. The van der Waals surface area contributed by atoms with Crippen LogP contribution in [0.15, 0.2) is 59.5 Å². The van der Waals surface area contributed by atoms with Crippen LogP contribution in [0.5, 0.6) is 0 Å². The molecule has 0 spiro atoms. The number of aryl methyl sites for hydroxylation is 1. The second kappa shape index (κ2) is 17.7. The Kier molecular flexibility index (Phi) is 22.4. The van der Waals surface area contributed by atoms with Crippen molar-refractivity contribution in [2.24, 2.45) is 0 Å². The summed E-state index contributed by atoms with van der Waals surface area (Å²) in [6.07, 6.45) is 3.69. The molecule has 2 aromatic carbocycles. The second-order valence-electron chi connectivity index (χ2n) is 4.58. The van der Waals surface area contributed by atoms with E-state index < -0.39 is 0 Å². The summed E-state index contributed by atoms with van der Waals surface area (Å²) >= 11 is 1.43. The average Bonchev–Trinajstić information content (AvgIpc) is 2.47. The minimum Gasteiger partial charge on any atom is -0.305 e. The number of halogens is 5. The van der Waals surface area contributed by atoms with E-state index >= 15 is 0 Å². The summed E-state index contributed by atoms with van der Waals surface area (Å²) in [5, 5.41) is 0. The van der Waals surface area contributed by atoms with Gasteiger partial charge >= 0.3 is 0 Å². The van der Waals surface area contributed by atoms with Crippen molar-refractivity contribution in [1.29, 1.82) is 0 Å². The Morgan fingerprint density at radius 3 is 1.83 bits per heavy atom. The van der Waals surface area contributed by atoms with E-state index in [1.165, 1.54) is 42.4 Å². The van der Waals surface area contributed by atoms with Crippen LogP contribution in [0.1, 0.15) is 30.9 Å². The molecule has 24 heavy (non-hydrogen) atoms. The highest BCUT2D eigenvalue weighted by atomic mass is 32.2. The van der Waals surface area contributed by atoms with E-state index in [9.17, 15) is 0 Å². The molecular formula is C17H25F5OS. The van der Waals surface area contributed by atoms with Crippen LogP contribution in [0.3, 0.4) is 0 Å². The van der Waals surface area contributed by atoms with Crippen LogP contribution in [-0.4, -0.2) is 0 Å². The van der Waals surface area contributed by atoms with Crippen molar-refractivity contribution in [3.05, 3.63) is 65.7 Å². The lowest BCUT2D eigenvalue weighted by Crippen LogP contribution is -1.89. The lowest BCUT2D eigenvalue weighted by Gasteiger charge is -2.05. The van der Waals surface area contributed by atoms with Gasteiger partial charge in [0.25, 0.3) is 0 Å². The predicted molar refractivity (Wildman–Crippen MR) is 94.7 cm³/mol. The van der Waals surface area contributed by atoms with Crippen LogP contribution in [0.2, 0.25) is 0 Å². The van der Waals surface area contributed by atoms with E-state index in [1.54, 1.807) is 0 Å². The van der Waals surface area contributed by atoms with Gasteiger partial charge in [0.05, 0.1) is 6.61 Å². The van der Waals surface area contributed by atoms with Gasteiger partial charge in [0.15, 0.2) is 0 Å². The van der Waals surface area contributed by atoms with Crippen molar-refractivity contribution in [2.45, 2.75) is 37.7 Å². The molecule has 140 valence electrons. The molecule has 0 aromatic heterocycles. The summed E-state index contributed by atoms with van der Waals surface area (Å²) in [5.74, 6) is 0. The largest absolute Gasteiger partial charge is 0.305 e. The molecule has 0 aliphatic carbocycles. The Hall–Kier alpha value is -1.60. The maximum atomic E-state index is 5.64. The van der Waals surface area contributed by atoms with Crippen LogP contribution >= 0.6 is 12.0 Å². The van der Waals surface area contributed by atoms with E-state index in [0.29, 0.717) is 6.61 Å². The molecule has 0 radical (unpaired) electrons. The fourth-order valence-electron chi connectivity index (χ4n) is 1.82. The van der Waals surface area contributed by atoms with E-state index in [4.69, 9.17) is 4.18 Å². The quantitative estimate of drug-likeness (QED) is 0.434. The first-order chi connectivity index (χ1) is 9.38. The zero-order valence-corrected chi connectivity index (χ0v) is 14.2. The standard InChI is InChI=1S/C17H20OS.5FH/c1-2-3-7-15-10-12-16(13-11-15)14-18-19-17-8-5-4-6-9-17;;;;;/h4-6,8-13H,2-3,7,14H2,1H3;5*1H. The van der Waals surface area contributed by atoms with Crippen LogP contribution in [0.25, 0.3) is 0 Å². The molecule has 7 heteroatoms. The Balaban J connectivity index is -0.000000400. The smallest absolute Gasteiger partial charge is 0.0869 e. The van der Waals surface area contributed by atoms with Gasteiger partial charge in [-0.2, -0.15) is 0 Å². The van der Waals surface area contributed by atoms with Crippen molar-refractivity contribution in [1.82, 2.24) is 0 Å². The number of rotatable bonds is 7. The highest BCUT2D eigenvalue weighted by Crippen LogP contribution is 2.20. The third-order valence-corrected chi connectivity index (χ3v) is 3.67. The molecule has 0 unspecified atom stereocenters. The van der Waals surface area contributed by atoms with Crippen LogP contribution in [0.4, 0.5) is 23.5 Å². The second-order valence-corrected chi connectivity index (χ2v) is 5.45. The maximum Gasteiger partial charge on any atom is 0.0869 e. The Labute approximate surface area is 143 Å². The fourth-order valence-corrected chi connectivity index (χ4v) is 2.42. The molecule has 0 atom stereocenters. The molecule has 0 saturated heterocycles. The first-order valence-electron chi connectivity index (χ1n) is 6.81. The zero-order chi connectivity index (χ0) is 13.3. The monoisotopic (exact) mass is 372 g/mol. The lowest BCUT2D eigenvalue weighted by molar-refractivity contribution is 0.364. The minimum atomic E-state index is 0. The molecule has 0 amide bonds. The number of hydrogen-bond acceptors (Lipinski definition) is 2. The van der Waals surface area contributed by atoms with Gasteiger partial charge in [-0.1, -0.05) is 55.8 Å². The highest BCUT2D eigenvalue weighted by molar-refractivity contribution is 7.94. The molecule has 0 saturated carbocycles. The summed E-state index contributed by atoms with van der Waals surface area (Å²) in [6.45, 7) is 2.87. The van der Waals surface area contributed by atoms with Crippen LogP contribution in [0, 0.1) is 0 Å². The predicted octanol–water partition coefficient (Wildman–Crippen LogP) is 6.02. The highest BCUT2D eigenvalue weighted by Gasteiger charge is 1.97. The summed E-state index contributed by atoms with van der Waals surface area (Å²) in [6, 6.07) is 18.9. The van der Waals surface area contributed by atoms with Crippen LogP contribution in [-0.2, 0) is 17.2 Å². The minimum absolute atomic E-state index is 0. The van der Waals surface area contributed by atoms with Gasteiger partial charge < -0.3 is 4.18 Å². The Bertz CT molecular complexity index is 482. The Morgan fingerprint density at radius 1 is 0.750 bits per heavy atom. The van der Waals surface area contributed by atoms with Gasteiger partial charge in [-0.25, -0.2) is 0 Å². The first-order valence-corrected chi connectivity index (χ1v) is 7.55. The van der Waals surface area contributed by atoms with Gasteiger partial charge in [-0.15, -0.1) is 0 Å². The number of hydrogen-bond donors (Lipinski definition) is 0. The lowest BCUT2D eigenvalue weighted by atomic mass is 10.1. The van der Waals surface area contributed by atoms with Gasteiger partial charge in [0, 0.05) is 16.9 Å². The van der Waals surface area contributed by atoms with Crippen molar-refractivity contribution in [3.63, 3.8) is 0 Å². The Morgan fingerprint density at radius 2 is 1.29 bits per heavy atom. The van der Waals surface area contributed by atoms with E-state index in [1.807, 2.05) is 18.2 Å². The van der Waals surface area contributed by atoms with E-state index in [0.717, 1.165) is 4.90 Å². The van der Waals surface area contributed by atoms with E-state index in [-0.39, 0.29) is 23.5 Å². The SMILES string of the molecule is CCCCc1ccc(COSc2ccccc2)cc1.F.F.F.F.F. The third-order valence-electron chi connectivity index (χ3n) is 2.97. The first kappa shape index (κ1) is 30.3. The number of benzene rings is 2. The molecular weight excluding hydrogens is 347 g/mol. The van der Waals surface area contributed by atoms with Gasteiger partial charge in [0.1, 0.15) is 0 Å². The van der Waals surface area contributed by atoms with Crippen molar-refractivity contribution in [3.8, 4) is 0 Å². The molecule has 2 aromatic rings. The van der Waals surface area contributed by atoms with Gasteiger partial charge in [0.2, 0.25) is 0 Å². The maximum absolute atomic E-state index is 5.64.